The Kier molecular flexibility index (Phi) is 6.84. The minimum Gasteiger partial charge on any atom is -0.0995 e. The van der Waals surface area contributed by atoms with Crippen LogP contribution in [0.15, 0.2) is 24.3 Å². The fraction of sp³-hybridized carbons (Fsp3) is 0.583. The molecule has 0 saturated carbocycles. The molecule has 0 nitrogen and oxygen atoms in total. The highest BCUT2D eigenvalue weighted by atomic mass is 14.0. The first-order chi connectivity index (χ1) is 5.66. The number of allylic oxidation sites excluding steroid dienone is 3. The van der Waals surface area contributed by atoms with Crippen LogP contribution in [-0.2, 0) is 0 Å². The van der Waals surface area contributed by atoms with Gasteiger partial charge in [-0.25, -0.2) is 0 Å². The van der Waals surface area contributed by atoms with E-state index in [0.717, 1.165) is 25.2 Å². The molecule has 0 aromatic carbocycles. The Morgan fingerprint density at radius 3 is 2.58 bits per heavy atom. The first-order valence-electron chi connectivity index (χ1n) is 4.81. The van der Waals surface area contributed by atoms with E-state index in [1.165, 1.54) is 5.57 Å². The van der Waals surface area contributed by atoms with Gasteiger partial charge in [-0.3, -0.25) is 0 Å². The second-order valence-corrected chi connectivity index (χ2v) is 3.62. The molecule has 1 radical (unpaired) electrons. The van der Waals surface area contributed by atoms with Crippen LogP contribution in [0.25, 0.3) is 0 Å². The lowest BCUT2D eigenvalue weighted by molar-refractivity contribution is 0.636. The molecular formula is C12H21. The molecule has 0 fully saturated rings. The summed E-state index contributed by atoms with van der Waals surface area (Å²) in [6.45, 7) is 10.6. The van der Waals surface area contributed by atoms with Crippen LogP contribution in [-0.4, -0.2) is 0 Å². The van der Waals surface area contributed by atoms with E-state index < -0.39 is 0 Å². The zero-order valence-electron chi connectivity index (χ0n) is 8.64. The Morgan fingerprint density at radius 1 is 1.42 bits per heavy atom. The van der Waals surface area contributed by atoms with Gasteiger partial charge in [0, 0.05) is 0 Å². The van der Waals surface area contributed by atoms with Gasteiger partial charge in [0.1, 0.15) is 0 Å². The molecule has 0 aromatic rings. The van der Waals surface area contributed by atoms with Crippen molar-refractivity contribution in [3.63, 3.8) is 0 Å². The second kappa shape index (κ2) is 7.15. The van der Waals surface area contributed by atoms with Gasteiger partial charge < -0.3 is 0 Å². The van der Waals surface area contributed by atoms with Crippen molar-refractivity contribution in [2.75, 3.05) is 0 Å². The third kappa shape index (κ3) is 7.59. The van der Waals surface area contributed by atoms with Crippen molar-refractivity contribution in [1.29, 1.82) is 0 Å². The summed E-state index contributed by atoms with van der Waals surface area (Å²) < 4.78 is 0. The SMILES string of the molecule is C=C(CC=C[CH]CC)CC(C)C. The molecule has 0 aliphatic carbocycles. The molecule has 69 valence electrons. The maximum atomic E-state index is 4.03. The maximum absolute atomic E-state index is 4.03. The molecule has 0 heteroatoms. The third-order valence-electron chi connectivity index (χ3n) is 1.61. The van der Waals surface area contributed by atoms with Crippen molar-refractivity contribution in [2.45, 2.75) is 40.0 Å². The topological polar surface area (TPSA) is 0 Å². The maximum Gasteiger partial charge on any atom is -0.0141 e. The van der Waals surface area contributed by atoms with Crippen LogP contribution < -0.4 is 0 Å². The second-order valence-electron chi connectivity index (χ2n) is 3.62. The number of unbranched alkanes of at least 4 members (excludes halogenated alkanes) is 1. The molecule has 0 saturated heterocycles. The van der Waals surface area contributed by atoms with Crippen molar-refractivity contribution in [1.82, 2.24) is 0 Å². The zero-order chi connectivity index (χ0) is 9.40. The van der Waals surface area contributed by atoms with E-state index in [1.807, 2.05) is 0 Å². The summed E-state index contributed by atoms with van der Waals surface area (Å²) in [5.41, 5.74) is 1.34. The van der Waals surface area contributed by atoms with E-state index in [1.54, 1.807) is 0 Å². The van der Waals surface area contributed by atoms with E-state index in [0.29, 0.717) is 0 Å². The molecule has 0 aromatic heterocycles. The van der Waals surface area contributed by atoms with Crippen molar-refractivity contribution in [3.05, 3.63) is 30.7 Å². The van der Waals surface area contributed by atoms with Crippen molar-refractivity contribution in [2.24, 2.45) is 5.92 Å². The number of hydrogen-bond donors (Lipinski definition) is 0. The quantitative estimate of drug-likeness (QED) is 0.519. The highest BCUT2D eigenvalue weighted by Gasteiger charge is 1.95. The molecular weight excluding hydrogens is 144 g/mol. The summed E-state index contributed by atoms with van der Waals surface area (Å²) in [4.78, 5) is 0. The molecule has 0 aliphatic rings. The highest BCUT2D eigenvalue weighted by molar-refractivity contribution is 5.05. The van der Waals surface area contributed by atoms with Crippen LogP contribution in [0.4, 0.5) is 0 Å². The van der Waals surface area contributed by atoms with Gasteiger partial charge in [0.2, 0.25) is 0 Å². The predicted molar refractivity (Wildman–Crippen MR) is 56.9 cm³/mol. The summed E-state index contributed by atoms with van der Waals surface area (Å²) in [5, 5.41) is 0. The molecule has 0 atom stereocenters. The molecule has 0 bridgehead atoms. The summed E-state index contributed by atoms with van der Waals surface area (Å²) >= 11 is 0. The average Bonchev–Trinajstić information content (AvgIpc) is 1.97. The van der Waals surface area contributed by atoms with Crippen LogP contribution in [0, 0.1) is 12.3 Å². The van der Waals surface area contributed by atoms with Gasteiger partial charge in [-0.1, -0.05) is 45.1 Å². The van der Waals surface area contributed by atoms with Crippen LogP contribution in [0.1, 0.15) is 40.0 Å². The lowest BCUT2D eigenvalue weighted by Crippen LogP contribution is -1.88. The van der Waals surface area contributed by atoms with E-state index in [2.05, 4.69) is 45.9 Å². The van der Waals surface area contributed by atoms with E-state index in [9.17, 15) is 0 Å². The van der Waals surface area contributed by atoms with Crippen LogP contribution in [0.5, 0.6) is 0 Å². The summed E-state index contributed by atoms with van der Waals surface area (Å²) in [6, 6.07) is 0. The van der Waals surface area contributed by atoms with E-state index in [-0.39, 0.29) is 0 Å². The van der Waals surface area contributed by atoms with Gasteiger partial charge in [-0.15, -0.1) is 0 Å². The van der Waals surface area contributed by atoms with Gasteiger partial charge in [-0.05, 0) is 31.6 Å². The molecule has 0 aliphatic heterocycles. The van der Waals surface area contributed by atoms with Crippen LogP contribution in [0.2, 0.25) is 0 Å². The normalized spacial score (nSPS) is 11.3. The third-order valence-corrected chi connectivity index (χ3v) is 1.61. The molecule has 0 amide bonds. The molecule has 12 heavy (non-hydrogen) atoms. The number of hydrogen-bond acceptors (Lipinski definition) is 0. The van der Waals surface area contributed by atoms with Crippen molar-refractivity contribution in [3.8, 4) is 0 Å². The number of rotatable bonds is 6. The average molecular weight is 165 g/mol. The molecule has 0 heterocycles. The standard InChI is InChI=1S/C12H21/c1-5-6-7-8-9-12(4)10-11(2)3/h6-8,11H,4-5,9-10H2,1-3H3. The highest BCUT2D eigenvalue weighted by Crippen LogP contribution is 2.12. The fourth-order valence-corrected chi connectivity index (χ4v) is 1.13. The van der Waals surface area contributed by atoms with Gasteiger partial charge in [0.15, 0.2) is 0 Å². The van der Waals surface area contributed by atoms with Crippen LogP contribution >= 0.6 is 0 Å². The van der Waals surface area contributed by atoms with Gasteiger partial charge >= 0.3 is 0 Å². The zero-order valence-corrected chi connectivity index (χ0v) is 8.64. The lowest BCUT2D eigenvalue weighted by Gasteiger charge is -2.04. The van der Waals surface area contributed by atoms with Crippen molar-refractivity contribution >= 4 is 0 Å². The largest absolute Gasteiger partial charge is 0.0995 e. The van der Waals surface area contributed by atoms with Gasteiger partial charge in [0.25, 0.3) is 0 Å². The van der Waals surface area contributed by atoms with Crippen LogP contribution in [0.3, 0.4) is 0 Å². The summed E-state index contributed by atoms with van der Waals surface area (Å²) in [6.07, 6.45) is 9.79. The lowest BCUT2D eigenvalue weighted by atomic mass is 10.0. The Hall–Kier alpha value is -0.520. The smallest absolute Gasteiger partial charge is 0.0141 e. The molecule has 0 rings (SSSR count). The summed E-state index contributed by atoms with van der Waals surface area (Å²) in [7, 11) is 0. The molecule has 0 spiro atoms. The molecule has 0 unspecified atom stereocenters. The predicted octanol–water partition coefficient (Wildman–Crippen LogP) is 4.15. The minimum atomic E-state index is 0.737. The summed E-state index contributed by atoms with van der Waals surface area (Å²) in [5.74, 6) is 0.737. The Balaban J connectivity index is 3.43. The Labute approximate surface area is 77.4 Å². The first-order valence-corrected chi connectivity index (χ1v) is 4.81. The van der Waals surface area contributed by atoms with E-state index in [4.69, 9.17) is 0 Å². The first kappa shape index (κ1) is 11.5. The van der Waals surface area contributed by atoms with Gasteiger partial charge in [-0.2, -0.15) is 0 Å². The van der Waals surface area contributed by atoms with Crippen molar-refractivity contribution < 1.29 is 0 Å². The molecule has 0 N–H and O–H groups in total. The Morgan fingerprint density at radius 2 is 2.08 bits per heavy atom. The minimum absolute atomic E-state index is 0.737. The van der Waals surface area contributed by atoms with E-state index >= 15 is 0 Å². The monoisotopic (exact) mass is 165 g/mol. The Bertz CT molecular complexity index is 140. The van der Waals surface area contributed by atoms with Gasteiger partial charge in [0.05, 0.1) is 0 Å². The fourth-order valence-electron chi connectivity index (χ4n) is 1.13.